The average Bonchev–Trinajstić information content (AvgIpc) is 2.58. The van der Waals surface area contributed by atoms with E-state index >= 15 is 0 Å². The number of nitrogens with zero attached hydrogens (tertiary/aromatic N) is 1. The molecule has 2 N–H and O–H groups in total. The number of aromatic nitrogens is 1. The highest BCUT2D eigenvalue weighted by Gasteiger charge is 2.13. The summed E-state index contributed by atoms with van der Waals surface area (Å²) in [4.78, 5) is 0. The van der Waals surface area contributed by atoms with Crippen molar-refractivity contribution >= 4 is 22.5 Å². The molecule has 1 heterocycles. The monoisotopic (exact) mass is 224 g/mol. The van der Waals surface area contributed by atoms with Gasteiger partial charge in [0.05, 0.1) is 17.6 Å². The van der Waals surface area contributed by atoms with Gasteiger partial charge in [0.2, 0.25) is 0 Å². The molecule has 2 rings (SSSR count). The molecular formula is C11H13ClN2O. The minimum Gasteiger partial charge on any atom is -0.495 e. The normalized spacial score (nSPS) is 10.9. The van der Waals surface area contributed by atoms with E-state index in [1.54, 1.807) is 7.11 Å². The van der Waals surface area contributed by atoms with Crippen LogP contribution in [-0.2, 0) is 13.6 Å². The maximum Gasteiger partial charge on any atom is 0.143 e. The van der Waals surface area contributed by atoms with Crippen LogP contribution < -0.4 is 10.5 Å². The van der Waals surface area contributed by atoms with Gasteiger partial charge in [-0.3, -0.25) is 0 Å². The van der Waals surface area contributed by atoms with Crippen molar-refractivity contribution in [2.24, 2.45) is 12.8 Å². The number of rotatable bonds is 2. The Morgan fingerprint density at radius 3 is 2.80 bits per heavy atom. The highest BCUT2D eigenvalue weighted by molar-refractivity contribution is 6.36. The summed E-state index contributed by atoms with van der Waals surface area (Å²) in [7, 11) is 3.61. The number of benzene rings is 1. The molecule has 3 nitrogen and oxygen atoms in total. The van der Waals surface area contributed by atoms with Crippen molar-refractivity contribution in [1.82, 2.24) is 4.57 Å². The summed E-state index contributed by atoms with van der Waals surface area (Å²) in [6.07, 6.45) is 1.99. The third kappa shape index (κ3) is 1.48. The van der Waals surface area contributed by atoms with Gasteiger partial charge >= 0.3 is 0 Å². The summed E-state index contributed by atoms with van der Waals surface area (Å²) >= 11 is 6.16. The van der Waals surface area contributed by atoms with Gasteiger partial charge in [-0.2, -0.15) is 0 Å². The molecule has 2 aromatic rings. The summed E-state index contributed by atoms with van der Waals surface area (Å²) in [6.45, 7) is 0.476. The molecule has 0 atom stereocenters. The minimum absolute atomic E-state index is 0.476. The first kappa shape index (κ1) is 10.3. The number of aryl methyl sites for hydroxylation is 1. The minimum atomic E-state index is 0.476. The van der Waals surface area contributed by atoms with Crippen LogP contribution in [0.2, 0.25) is 5.02 Å². The third-order valence-electron chi connectivity index (χ3n) is 2.55. The Morgan fingerprint density at radius 2 is 2.20 bits per heavy atom. The Hall–Kier alpha value is -1.19. The van der Waals surface area contributed by atoms with Crippen LogP contribution in [0, 0.1) is 0 Å². The van der Waals surface area contributed by atoms with Gasteiger partial charge in [0.1, 0.15) is 5.75 Å². The molecule has 4 heteroatoms. The largest absolute Gasteiger partial charge is 0.495 e. The van der Waals surface area contributed by atoms with E-state index in [9.17, 15) is 0 Å². The Kier molecular flexibility index (Phi) is 2.59. The number of ether oxygens (including phenoxy) is 1. The molecular weight excluding hydrogens is 212 g/mol. The van der Waals surface area contributed by atoms with E-state index in [0.29, 0.717) is 11.6 Å². The second-order valence-corrected chi connectivity index (χ2v) is 3.85. The maximum atomic E-state index is 6.16. The maximum absolute atomic E-state index is 6.16. The van der Waals surface area contributed by atoms with E-state index in [4.69, 9.17) is 22.1 Å². The van der Waals surface area contributed by atoms with Gasteiger partial charge < -0.3 is 15.0 Å². The van der Waals surface area contributed by atoms with Gasteiger partial charge in [-0.15, -0.1) is 0 Å². The Balaban J connectivity index is 2.89. The van der Waals surface area contributed by atoms with Gasteiger partial charge in [-0.05, 0) is 17.7 Å². The van der Waals surface area contributed by atoms with Crippen LogP contribution >= 0.6 is 11.6 Å². The lowest BCUT2D eigenvalue weighted by molar-refractivity contribution is 0.418. The first-order valence-corrected chi connectivity index (χ1v) is 5.07. The highest BCUT2D eigenvalue weighted by atomic mass is 35.5. The molecule has 0 saturated carbocycles. The summed E-state index contributed by atoms with van der Waals surface area (Å²) in [5.74, 6) is 0.816. The van der Waals surface area contributed by atoms with E-state index in [-0.39, 0.29) is 0 Å². The van der Waals surface area contributed by atoms with E-state index in [0.717, 1.165) is 22.2 Å². The lowest BCUT2D eigenvalue weighted by Crippen LogP contribution is -1.94. The average molecular weight is 225 g/mol. The van der Waals surface area contributed by atoms with Crippen LogP contribution in [0.3, 0.4) is 0 Å². The SMILES string of the molecule is COc1ccc(Cl)c2c(CN)cn(C)c12. The Morgan fingerprint density at radius 1 is 1.47 bits per heavy atom. The molecule has 1 aromatic heterocycles. The summed E-state index contributed by atoms with van der Waals surface area (Å²) < 4.78 is 7.29. The summed E-state index contributed by atoms with van der Waals surface area (Å²) in [6, 6.07) is 3.70. The Bertz CT molecular complexity index is 505. The number of nitrogens with two attached hydrogens (primary N) is 1. The predicted molar refractivity (Wildman–Crippen MR) is 62.4 cm³/mol. The van der Waals surface area contributed by atoms with Crippen molar-refractivity contribution in [2.45, 2.75) is 6.54 Å². The van der Waals surface area contributed by atoms with Gasteiger partial charge in [0.15, 0.2) is 0 Å². The molecule has 0 fully saturated rings. The third-order valence-corrected chi connectivity index (χ3v) is 2.87. The fourth-order valence-electron chi connectivity index (χ4n) is 1.89. The molecule has 0 spiro atoms. The molecule has 0 aliphatic heterocycles. The van der Waals surface area contributed by atoms with Gasteiger partial charge in [0.25, 0.3) is 0 Å². The number of halogens is 1. The van der Waals surface area contributed by atoms with Crippen molar-refractivity contribution in [3.63, 3.8) is 0 Å². The molecule has 0 amide bonds. The quantitative estimate of drug-likeness (QED) is 0.851. The zero-order valence-electron chi connectivity index (χ0n) is 8.75. The molecule has 0 saturated heterocycles. The first-order chi connectivity index (χ1) is 7.19. The second-order valence-electron chi connectivity index (χ2n) is 3.44. The van der Waals surface area contributed by atoms with Crippen LogP contribution in [0.1, 0.15) is 5.56 Å². The highest BCUT2D eigenvalue weighted by Crippen LogP contribution is 2.34. The smallest absolute Gasteiger partial charge is 0.143 e. The van der Waals surface area contributed by atoms with Crippen LogP contribution in [-0.4, -0.2) is 11.7 Å². The molecule has 0 bridgehead atoms. The molecule has 80 valence electrons. The second kappa shape index (κ2) is 3.76. The van der Waals surface area contributed by atoms with Crippen LogP contribution in [0.4, 0.5) is 0 Å². The van der Waals surface area contributed by atoms with Crippen molar-refractivity contribution in [3.05, 3.63) is 28.9 Å². The predicted octanol–water partition coefficient (Wildman–Crippen LogP) is 2.30. The molecule has 0 aliphatic carbocycles. The topological polar surface area (TPSA) is 40.2 Å². The summed E-state index contributed by atoms with van der Waals surface area (Å²) in [5, 5.41) is 1.70. The summed E-state index contributed by atoms with van der Waals surface area (Å²) in [5.41, 5.74) is 7.71. The molecule has 0 aliphatic rings. The number of fused-ring (bicyclic) bond motifs is 1. The zero-order valence-corrected chi connectivity index (χ0v) is 9.51. The van der Waals surface area contributed by atoms with Gasteiger partial charge in [-0.25, -0.2) is 0 Å². The standard InChI is InChI=1S/C11H13ClN2O/c1-14-6-7(5-13)10-8(12)3-4-9(15-2)11(10)14/h3-4,6H,5,13H2,1-2H3. The van der Waals surface area contributed by atoms with Crippen LogP contribution in [0.15, 0.2) is 18.3 Å². The lowest BCUT2D eigenvalue weighted by Gasteiger charge is -2.05. The van der Waals surface area contributed by atoms with Crippen molar-refractivity contribution < 1.29 is 4.74 Å². The van der Waals surface area contributed by atoms with E-state index in [1.165, 1.54) is 0 Å². The van der Waals surface area contributed by atoms with E-state index in [1.807, 2.05) is 29.9 Å². The van der Waals surface area contributed by atoms with E-state index < -0.39 is 0 Å². The zero-order chi connectivity index (χ0) is 11.0. The van der Waals surface area contributed by atoms with Crippen LogP contribution in [0.5, 0.6) is 5.75 Å². The van der Waals surface area contributed by atoms with Gasteiger partial charge in [-0.1, -0.05) is 11.6 Å². The fourth-order valence-corrected chi connectivity index (χ4v) is 2.16. The van der Waals surface area contributed by atoms with E-state index in [2.05, 4.69) is 0 Å². The fraction of sp³-hybridized carbons (Fsp3) is 0.273. The lowest BCUT2D eigenvalue weighted by atomic mass is 10.1. The van der Waals surface area contributed by atoms with Crippen LogP contribution in [0.25, 0.3) is 10.9 Å². The van der Waals surface area contributed by atoms with Gasteiger partial charge in [0, 0.05) is 25.2 Å². The molecule has 15 heavy (non-hydrogen) atoms. The van der Waals surface area contributed by atoms with Crippen molar-refractivity contribution in [2.75, 3.05) is 7.11 Å². The number of hydrogen-bond donors (Lipinski definition) is 1. The molecule has 0 radical (unpaired) electrons. The number of hydrogen-bond acceptors (Lipinski definition) is 2. The molecule has 1 aromatic carbocycles. The van der Waals surface area contributed by atoms with Crippen molar-refractivity contribution in [1.29, 1.82) is 0 Å². The Labute approximate surface area is 93.4 Å². The first-order valence-electron chi connectivity index (χ1n) is 4.69. The molecule has 0 unspecified atom stereocenters. The van der Waals surface area contributed by atoms with Crippen molar-refractivity contribution in [3.8, 4) is 5.75 Å². The number of methoxy groups -OCH3 is 1.